The van der Waals surface area contributed by atoms with Gasteiger partial charge in [0.05, 0.1) is 17.8 Å². The Balaban J connectivity index is 1.21. The first kappa shape index (κ1) is 19.3. The van der Waals surface area contributed by atoms with Crippen LogP contribution in [0.4, 0.5) is 11.6 Å². The van der Waals surface area contributed by atoms with E-state index in [1.54, 1.807) is 0 Å². The zero-order valence-corrected chi connectivity index (χ0v) is 17.5. The highest BCUT2D eigenvalue weighted by atomic mass is 16.5. The molecule has 0 saturated carbocycles. The number of carbonyl (C=O) groups is 1. The van der Waals surface area contributed by atoms with Crippen molar-refractivity contribution in [3.63, 3.8) is 0 Å². The van der Waals surface area contributed by atoms with Gasteiger partial charge in [-0.25, -0.2) is 9.97 Å². The number of nitrogens with zero attached hydrogens (tertiary/aromatic N) is 4. The van der Waals surface area contributed by atoms with E-state index in [1.807, 2.05) is 55.7 Å². The normalized spacial score (nSPS) is 25.1. The lowest BCUT2D eigenvalue weighted by molar-refractivity contribution is -0.0452. The van der Waals surface area contributed by atoms with Crippen molar-refractivity contribution in [2.24, 2.45) is 0 Å². The highest BCUT2D eigenvalue weighted by Crippen LogP contribution is 2.43. The molecule has 158 valence electrons. The number of fused-ring (bicyclic) bond motifs is 1. The molecule has 8 nitrogen and oxygen atoms in total. The number of hydrogen-bond acceptors (Lipinski definition) is 7. The van der Waals surface area contributed by atoms with Crippen molar-refractivity contribution in [1.82, 2.24) is 20.2 Å². The fourth-order valence-corrected chi connectivity index (χ4v) is 4.81. The molecule has 0 radical (unpaired) electrons. The van der Waals surface area contributed by atoms with Crippen LogP contribution in [0.1, 0.15) is 35.2 Å². The lowest BCUT2D eigenvalue weighted by Crippen LogP contribution is -2.59. The molecule has 1 atom stereocenters. The Bertz CT molecular complexity index is 939. The van der Waals surface area contributed by atoms with Crippen LogP contribution in [0.15, 0.2) is 36.7 Å². The Morgan fingerprint density at radius 1 is 1.13 bits per heavy atom. The van der Waals surface area contributed by atoms with Crippen LogP contribution in [0.25, 0.3) is 0 Å². The zero-order valence-electron chi connectivity index (χ0n) is 17.5. The summed E-state index contributed by atoms with van der Waals surface area (Å²) in [7, 11) is 3.88. The third-order valence-electron chi connectivity index (χ3n) is 6.41. The molecule has 8 heteroatoms. The van der Waals surface area contributed by atoms with Gasteiger partial charge in [-0.2, -0.15) is 0 Å². The number of carbonyl (C=O) groups excluding carboxylic acids is 1. The Hall–Kier alpha value is -2.71. The second kappa shape index (κ2) is 7.21. The van der Waals surface area contributed by atoms with E-state index in [0.717, 1.165) is 56.1 Å². The average molecular weight is 409 g/mol. The predicted molar refractivity (Wildman–Crippen MR) is 114 cm³/mol. The van der Waals surface area contributed by atoms with Crippen molar-refractivity contribution in [3.8, 4) is 0 Å². The molecular weight excluding hydrogens is 380 g/mol. The number of rotatable bonds is 3. The molecule has 3 aliphatic rings. The molecule has 3 aliphatic heterocycles. The topological polar surface area (TPSA) is 82.6 Å². The fourth-order valence-electron chi connectivity index (χ4n) is 4.81. The van der Waals surface area contributed by atoms with Crippen LogP contribution in [0.5, 0.6) is 0 Å². The molecule has 1 amide bonds. The second-order valence-electron chi connectivity index (χ2n) is 8.92. The third kappa shape index (κ3) is 3.50. The maximum absolute atomic E-state index is 12.6. The van der Waals surface area contributed by atoms with E-state index in [-0.39, 0.29) is 11.5 Å². The van der Waals surface area contributed by atoms with Gasteiger partial charge < -0.3 is 20.3 Å². The molecule has 2 N–H and O–H groups in total. The molecule has 0 bridgehead atoms. The van der Waals surface area contributed by atoms with Gasteiger partial charge in [-0.15, -0.1) is 0 Å². The number of hydrogen-bond donors (Lipinski definition) is 2. The van der Waals surface area contributed by atoms with Gasteiger partial charge in [0.25, 0.3) is 5.91 Å². The van der Waals surface area contributed by atoms with Crippen molar-refractivity contribution < 1.29 is 9.53 Å². The number of likely N-dealkylation sites (tertiary alicyclic amines) is 1. The Morgan fingerprint density at radius 2 is 1.87 bits per heavy atom. The SMILES string of the molecule is CN(C)c1ncc(CN2CCC3(CC2)CC2(CO3)NC(=O)c3ccccc3N2)cn1. The molecular formula is C22H28N6O2. The number of anilines is 2. The molecule has 2 spiro atoms. The lowest BCUT2D eigenvalue weighted by atomic mass is 9.84. The third-order valence-corrected chi connectivity index (χ3v) is 6.41. The molecule has 1 aromatic heterocycles. The first-order valence-corrected chi connectivity index (χ1v) is 10.5. The Kier molecular flexibility index (Phi) is 4.63. The largest absolute Gasteiger partial charge is 0.370 e. The van der Waals surface area contributed by atoms with E-state index in [4.69, 9.17) is 4.74 Å². The molecule has 2 aromatic rings. The van der Waals surface area contributed by atoms with Crippen LogP contribution in [0.3, 0.4) is 0 Å². The summed E-state index contributed by atoms with van der Waals surface area (Å²) in [6.07, 6.45) is 6.50. The molecule has 5 rings (SSSR count). The molecule has 1 aromatic carbocycles. The van der Waals surface area contributed by atoms with Gasteiger partial charge in [0, 0.05) is 63.8 Å². The quantitative estimate of drug-likeness (QED) is 0.802. The lowest BCUT2D eigenvalue weighted by Gasteiger charge is -2.41. The number of nitrogens with one attached hydrogen (secondary N) is 2. The van der Waals surface area contributed by atoms with Crippen molar-refractivity contribution in [1.29, 1.82) is 0 Å². The van der Waals surface area contributed by atoms with Crippen molar-refractivity contribution in [3.05, 3.63) is 47.8 Å². The van der Waals surface area contributed by atoms with E-state index < -0.39 is 5.66 Å². The summed E-state index contributed by atoms with van der Waals surface area (Å²) >= 11 is 0. The van der Waals surface area contributed by atoms with Gasteiger partial charge in [0.15, 0.2) is 0 Å². The van der Waals surface area contributed by atoms with Gasteiger partial charge >= 0.3 is 0 Å². The summed E-state index contributed by atoms with van der Waals surface area (Å²) in [6, 6.07) is 7.66. The predicted octanol–water partition coefficient (Wildman–Crippen LogP) is 1.85. The van der Waals surface area contributed by atoms with Gasteiger partial charge in [0.1, 0.15) is 5.66 Å². The summed E-state index contributed by atoms with van der Waals surface area (Å²) < 4.78 is 6.34. The summed E-state index contributed by atoms with van der Waals surface area (Å²) in [5, 5.41) is 6.72. The Morgan fingerprint density at radius 3 is 2.60 bits per heavy atom. The number of para-hydroxylation sites is 1. The van der Waals surface area contributed by atoms with Crippen LogP contribution < -0.4 is 15.5 Å². The number of amides is 1. The molecule has 4 heterocycles. The first-order chi connectivity index (χ1) is 14.5. The maximum Gasteiger partial charge on any atom is 0.255 e. The molecule has 2 fully saturated rings. The van der Waals surface area contributed by atoms with E-state index in [0.29, 0.717) is 12.2 Å². The molecule has 0 aliphatic carbocycles. The number of ether oxygens (including phenoxy) is 1. The minimum Gasteiger partial charge on any atom is -0.370 e. The first-order valence-electron chi connectivity index (χ1n) is 10.5. The van der Waals surface area contributed by atoms with E-state index in [9.17, 15) is 4.79 Å². The Labute approximate surface area is 176 Å². The summed E-state index contributed by atoms with van der Waals surface area (Å²) in [4.78, 5) is 25.8. The van der Waals surface area contributed by atoms with Crippen LogP contribution in [-0.4, -0.2) is 65.8 Å². The van der Waals surface area contributed by atoms with E-state index in [2.05, 4.69) is 25.5 Å². The smallest absolute Gasteiger partial charge is 0.255 e. The highest BCUT2D eigenvalue weighted by Gasteiger charge is 2.53. The minimum atomic E-state index is -0.510. The number of aromatic nitrogens is 2. The standard InChI is InChI=1S/C22H28N6O2/c1-27(2)20-23-11-16(12-24-20)13-28-9-7-21(8-10-28)14-22(15-30-21)25-18-6-4-3-5-17(18)19(29)26-22/h3-6,11-12,25H,7-10,13-15H2,1-2H3,(H,26,29). The van der Waals surface area contributed by atoms with Crippen molar-refractivity contribution in [2.45, 2.75) is 37.1 Å². The van der Waals surface area contributed by atoms with Crippen LogP contribution in [0, 0.1) is 0 Å². The van der Waals surface area contributed by atoms with E-state index in [1.165, 1.54) is 0 Å². The average Bonchev–Trinajstić information content (AvgIpc) is 3.07. The molecule has 2 saturated heterocycles. The van der Waals surface area contributed by atoms with Crippen LogP contribution in [-0.2, 0) is 11.3 Å². The highest BCUT2D eigenvalue weighted by molar-refractivity contribution is 6.02. The second-order valence-corrected chi connectivity index (χ2v) is 8.92. The van der Waals surface area contributed by atoms with E-state index >= 15 is 0 Å². The number of benzene rings is 1. The van der Waals surface area contributed by atoms with Crippen LogP contribution in [0.2, 0.25) is 0 Å². The van der Waals surface area contributed by atoms with Crippen LogP contribution >= 0.6 is 0 Å². The van der Waals surface area contributed by atoms with Gasteiger partial charge in [-0.1, -0.05) is 12.1 Å². The van der Waals surface area contributed by atoms with Gasteiger partial charge in [-0.3, -0.25) is 9.69 Å². The van der Waals surface area contributed by atoms with Crippen molar-refractivity contribution in [2.75, 3.05) is 44.0 Å². The van der Waals surface area contributed by atoms with Crippen molar-refractivity contribution >= 4 is 17.5 Å². The molecule has 30 heavy (non-hydrogen) atoms. The molecule has 1 unspecified atom stereocenters. The number of piperidine rings is 1. The fraction of sp³-hybridized carbons (Fsp3) is 0.500. The summed E-state index contributed by atoms with van der Waals surface area (Å²) in [6.45, 7) is 3.25. The summed E-state index contributed by atoms with van der Waals surface area (Å²) in [5.74, 6) is 0.702. The summed E-state index contributed by atoms with van der Waals surface area (Å²) in [5.41, 5.74) is 2.01. The monoisotopic (exact) mass is 408 g/mol. The van der Waals surface area contributed by atoms with Gasteiger partial charge in [-0.05, 0) is 25.0 Å². The maximum atomic E-state index is 12.6. The minimum absolute atomic E-state index is 0.0244. The van der Waals surface area contributed by atoms with Gasteiger partial charge in [0.2, 0.25) is 5.95 Å². The zero-order chi connectivity index (χ0) is 20.8.